The average Bonchev–Trinajstić information content (AvgIpc) is 3.32. The van der Waals surface area contributed by atoms with Gasteiger partial charge in [0, 0.05) is 29.4 Å². The van der Waals surface area contributed by atoms with Crippen LogP contribution < -0.4 is 0 Å². The van der Waals surface area contributed by atoms with E-state index in [2.05, 4.69) is 41.5 Å². The zero-order valence-corrected chi connectivity index (χ0v) is 17.4. The van der Waals surface area contributed by atoms with Gasteiger partial charge in [0.1, 0.15) is 0 Å². The van der Waals surface area contributed by atoms with Gasteiger partial charge in [-0.25, -0.2) is 14.3 Å². The average molecular weight is 436 g/mol. The third-order valence-electron chi connectivity index (χ3n) is 3.09. The Morgan fingerprint density at radius 3 is 2.34 bits per heavy atom. The van der Waals surface area contributed by atoms with Crippen LogP contribution in [0.25, 0.3) is 16.1 Å². The summed E-state index contributed by atoms with van der Waals surface area (Å²) in [6, 6.07) is 6.99. The predicted octanol–water partition coefficient (Wildman–Crippen LogP) is 3.05. The van der Waals surface area contributed by atoms with E-state index in [9.17, 15) is 9.59 Å². The van der Waals surface area contributed by atoms with Gasteiger partial charge in [-0.05, 0) is 43.6 Å². The van der Waals surface area contributed by atoms with Crippen LogP contribution in [-0.2, 0) is 14.3 Å². The molecule has 0 atom stereocenters. The van der Waals surface area contributed by atoms with E-state index in [0.717, 1.165) is 5.69 Å². The summed E-state index contributed by atoms with van der Waals surface area (Å²) < 4.78 is 10.6. The second kappa shape index (κ2) is 15.1. The molecule has 3 rings (SSSR count). The van der Waals surface area contributed by atoms with Crippen molar-refractivity contribution in [3.8, 4) is 18.0 Å². The third-order valence-corrected chi connectivity index (χ3v) is 3.09. The van der Waals surface area contributed by atoms with Crippen molar-refractivity contribution >= 4 is 17.6 Å². The van der Waals surface area contributed by atoms with Gasteiger partial charge in [0.25, 0.3) is 0 Å². The number of pyridine rings is 2. The number of esters is 2. The van der Waals surface area contributed by atoms with Crippen LogP contribution >= 0.6 is 0 Å². The Hall–Kier alpha value is -4.75. The van der Waals surface area contributed by atoms with E-state index in [4.69, 9.17) is 10.3 Å². The molecular formula is C20H20N8O4. The highest BCUT2D eigenvalue weighted by Crippen LogP contribution is 2.06. The highest BCUT2D eigenvalue weighted by Gasteiger charge is 2.11. The maximum absolute atomic E-state index is 11.3. The van der Waals surface area contributed by atoms with Crippen LogP contribution in [0, 0.1) is 12.3 Å². The van der Waals surface area contributed by atoms with Crippen LogP contribution in [0.2, 0.25) is 0 Å². The molecule has 0 saturated carbocycles. The van der Waals surface area contributed by atoms with Crippen LogP contribution in [0.1, 0.15) is 24.3 Å². The Morgan fingerprint density at radius 2 is 1.84 bits per heavy atom. The fraction of sp³-hybridized carbons (Fsp3) is 0.200. The highest BCUT2D eigenvalue weighted by molar-refractivity contribution is 5.87. The van der Waals surface area contributed by atoms with Crippen molar-refractivity contribution in [2.45, 2.75) is 13.8 Å². The maximum Gasteiger partial charge on any atom is 0.384 e. The molecule has 0 spiro atoms. The normalized spacial score (nSPS) is 8.78. The second-order valence-corrected chi connectivity index (χ2v) is 5.25. The van der Waals surface area contributed by atoms with Crippen molar-refractivity contribution in [1.29, 1.82) is 0 Å². The monoisotopic (exact) mass is 436 g/mol. The number of aromatic nitrogens is 5. The zero-order valence-electron chi connectivity index (χ0n) is 17.4. The second-order valence-electron chi connectivity index (χ2n) is 5.25. The Kier molecular flexibility index (Phi) is 12.0. The number of rotatable bonds is 5. The summed E-state index contributed by atoms with van der Waals surface area (Å²) in [5.74, 6) is 0.735. The number of ether oxygens (including phenoxy) is 2. The molecule has 12 nitrogen and oxygen atoms in total. The van der Waals surface area contributed by atoms with Crippen LogP contribution in [0.5, 0.6) is 0 Å². The summed E-state index contributed by atoms with van der Waals surface area (Å²) in [4.78, 5) is 31.6. The van der Waals surface area contributed by atoms with Crippen LogP contribution in [0.4, 0.5) is 5.69 Å². The lowest BCUT2D eigenvalue weighted by Gasteiger charge is -1.97. The van der Waals surface area contributed by atoms with Gasteiger partial charge in [-0.2, -0.15) is 0 Å². The molecule has 0 aromatic carbocycles. The number of carbonyl (C=O) groups excluding carboxylic acids is 2. The molecule has 164 valence electrons. The van der Waals surface area contributed by atoms with E-state index in [0.29, 0.717) is 18.9 Å². The van der Waals surface area contributed by atoms with Gasteiger partial charge in [0.15, 0.2) is 5.69 Å². The number of nitrogens with zero attached hydrogens (tertiary/aromatic N) is 8. The van der Waals surface area contributed by atoms with Gasteiger partial charge in [-0.3, -0.25) is 9.97 Å². The molecule has 32 heavy (non-hydrogen) atoms. The lowest BCUT2D eigenvalue weighted by atomic mass is 10.4. The minimum Gasteiger partial charge on any atom is -0.461 e. The molecule has 0 saturated heterocycles. The summed E-state index contributed by atoms with van der Waals surface area (Å²) in [6.07, 6.45) is 12.6. The summed E-state index contributed by atoms with van der Waals surface area (Å²) >= 11 is 0. The van der Waals surface area contributed by atoms with Crippen molar-refractivity contribution in [3.63, 3.8) is 0 Å². The lowest BCUT2D eigenvalue weighted by molar-refractivity contribution is -0.136. The molecule has 3 aromatic rings. The lowest BCUT2D eigenvalue weighted by Crippen LogP contribution is -2.04. The van der Waals surface area contributed by atoms with Gasteiger partial charge in [0.2, 0.25) is 0 Å². The minimum absolute atomic E-state index is 0.186. The first-order valence-corrected chi connectivity index (χ1v) is 9.14. The number of azide groups is 1. The fourth-order valence-electron chi connectivity index (χ4n) is 1.82. The molecule has 0 fully saturated rings. The van der Waals surface area contributed by atoms with Crippen molar-refractivity contribution < 1.29 is 19.1 Å². The fourth-order valence-corrected chi connectivity index (χ4v) is 1.82. The number of hydrogen-bond donors (Lipinski definition) is 0. The molecule has 0 aliphatic carbocycles. The van der Waals surface area contributed by atoms with Crippen LogP contribution in [0.3, 0.4) is 0 Å². The molecular weight excluding hydrogens is 416 g/mol. The Balaban J connectivity index is 0.000000271. The Bertz CT molecular complexity index is 1060. The first-order valence-electron chi connectivity index (χ1n) is 9.14. The van der Waals surface area contributed by atoms with Crippen molar-refractivity contribution in [2.24, 2.45) is 5.11 Å². The molecule has 0 amide bonds. The Labute approximate surface area is 183 Å². The zero-order chi connectivity index (χ0) is 23.6. The molecule has 12 heteroatoms. The van der Waals surface area contributed by atoms with Gasteiger partial charge in [-0.1, -0.05) is 10.3 Å². The Morgan fingerprint density at radius 1 is 1.16 bits per heavy atom. The topological polar surface area (TPSA) is 158 Å². The summed E-state index contributed by atoms with van der Waals surface area (Å²) in [5.41, 5.74) is 9.42. The van der Waals surface area contributed by atoms with Gasteiger partial charge >= 0.3 is 11.9 Å². The van der Waals surface area contributed by atoms with E-state index in [-0.39, 0.29) is 5.69 Å². The molecule has 0 aliphatic rings. The molecule has 0 bridgehead atoms. The van der Waals surface area contributed by atoms with Crippen molar-refractivity contribution in [3.05, 3.63) is 71.4 Å². The first-order chi connectivity index (χ1) is 15.5. The third kappa shape index (κ3) is 9.64. The predicted molar refractivity (Wildman–Crippen MR) is 114 cm³/mol. The molecule has 0 radical (unpaired) electrons. The molecule has 3 aromatic heterocycles. The number of terminal acetylenes is 1. The first kappa shape index (κ1) is 25.3. The number of carbonyl (C=O) groups is 2. The smallest absolute Gasteiger partial charge is 0.384 e. The van der Waals surface area contributed by atoms with E-state index in [1.54, 1.807) is 56.6 Å². The van der Waals surface area contributed by atoms with Gasteiger partial charge in [-0.15, -0.1) is 11.5 Å². The van der Waals surface area contributed by atoms with E-state index in [1.165, 1.54) is 17.1 Å². The highest BCUT2D eigenvalue weighted by atomic mass is 16.5. The van der Waals surface area contributed by atoms with Gasteiger partial charge in [0.05, 0.1) is 37.0 Å². The maximum atomic E-state index is 11.3. The SMILES string of the molecule is C#CC(=O)OCC.CCOC(=O)c1cn(-c2cccnc2)nn1.[N-]=[N+]=Nc1cccnc1. The minimum atomic E-state index is -0.595. The summed E-state index contributed by atoms with van der Waals surface area (Å²) in [6.45, 7) is 4.11. The molecule has 0 N–H and O–H groups in total. The van der Waals surface area contributed by atoms with E-state index >= 15 is 0 Å². The van der Waals surface area contributed by atoms with Crippen molar-refractivity contribution in [1.82, 2.24) is 25.0 Å². The molecule has 0 unspecified atom stereocenters. The largest absolute Gasteiger partial charge is 0.461 e. The summed E-state index contributed by atoms with van der Waals surface area (Å²) in [5, 5.41) is 10.9. The van der Waals surface area contributed by atoms with E-state index < -0.39 is 11.9 Å². The van der Waals surface area contributed by atoms with E-state index in [1.807, 2.05) is 6.07 Å². The van der Waals surface area contributed by atoms with Gasteiger partial charge < -0.3 is 9.47 Å². The standard InChI is InChI=1S/C10H10N4O2.C5H4N4.C5H6O2/c1-2-16-10(15)9-7-14(13-12-9)8-4-3-5-11-6-8;6-9-8-5-2-1-3-7-4-5;1-3-5(6)7-4-2/h3-7H,2H2,1H3;1-4H;1H,4H2,2H3. The van der Waals surface area contributed by atoms with Crippen LogP contribution in [-0.4, -0.2) is 50.1 Å². The molecule has 0 aliphatic heterocycles. The van der Waals surface area contributed by atoms with Crippen molar-refractivity contribution in [2.75, 3.05) is 13.2 Å². The number of hydrogen-bond acceptors (Lipinski definition) is 9. The quantitative estimate of drug-likeness (QED) is 0.147. The molecule has 3 heterocycles. The van der Waals surface area contributed by atoms with Crippen LogP contribution in [0.15, 0.2) is 60.4 Å². The summed E-state index contributed by atoms with van der Waals surface area (Å²) in [7, 11) is 0.